The summed E-state index contributed by atoms with van der Waals surface area (Å²) in [7, 11) is 0. The van der Waals surface area contributed by atoms with Gasteiger partial charge in [-0.05, 0) is 38.8 Å². The molecule has 26 heavy (non-hydrogen) atoms. The van der Waals surface area contributed by atoms with Crippen molar-refractivity contribution in [2.75, 3.05) is 18.0 Å². The lowest BCUT2D eigenvalue weighted by Crippen LogP contribution is -2.43. The Hall–Kier alpha value is -2.25. The Balaban J connectivity index is 1.83. The Kier molecular flexibility index (Phi) is 4.86. The largest absolute Gasteiger partial charge is 0.508 e. The fourth-order valence-corrected chi connectivity index (χ4v) is 3.71. The third-order valence-corrected chi connectivity index (χ3v) is 5.11. The van der Waals surface area contributed by atoms with E-state index in [4.69, 9.17) is 11.6 Å². The summed E-state index contributed by atoms with van der Waals surface area (Å²) in [6, 6.07) is 6.17. The average Bonchev–Trinajstić information content (AvgIpc) is 3.01. The molecule has 2 heterocycles. The van der Waals surface area contributed by atoms with Crippen LogP contribution in [-0.4, -0.2) is 44.2 Å². The van der Waals surface area contributed by atoms with Gasteiger partial charge in [-0.3, -0.25) is 0 Å². The van der Waals surface area contributed by atoms with Gasteiger partial charge in [0.15, 0.2) is 5.69 Å². The molecule has 1 aromatic heterocycles. The molecule has 1 fully saturated rings. The van der Waals surface area contributed by atoms with Gasteiger partial charge in [0.1, 0.15) is 11.6 Å². The predicted molar refractivity (Wildman–Crippen MR) is 98.0 cm³/mol. The Morgan fingerprint density at radius 1 is 1.27 bits per heavy atom. The molecule has 1 aliphatic heterocycles. The monoisotopic (exact) mass is 379 g/mol. The van der Waals surface area contributed by atoms with Crippen LogP contribution in [0.25, 0.3) is 0 Å². The molecule has 3 N–H and O–H groups in total. The van der Waals surface area contributed by atoms with Gasteiger partial charge in [-0.1, -0.05) is 17.7 Å². The number of phenols is 1. The molecule has 2 aromatic rings. The predicted octanol–water partition coefficient (Wildman–Crippen LogP) is 3.01. The number of carboxylic acids is 1. The van der Waals surface area contributed by atoms with Gasteiger partial charge in [0.2, 0.25) is 0 Å². The number of carboxylic acid groups (broad SMARTS) is 1. The van der Waals surface area contributed by atoms with Crippen molar-refractivity contribution in [3.8, 4) is 5.75 Å². The van der Waals surface area contributed by atoms with Gasteiger partial charge in [0.25, 0.3) is 0 Å². The number of piperidine rings is 1. The van der Waals surface area contributed by atoms with Crippen LogP contribution in [0.1, 0.15) is 48.8 Å². The number of benzene rings is 1. The van der Waals surface area contributed by atoms with E-state index in [1.807, 2.05) is 18.7 Å². The molecular weight excluding hydrogens is 358 g/mol. The number of rotatable bonds is 4. The number of carbonyl (C=O) groups is 1. The molecule has 1 aromatic carbocycles. The van der Waals surface area contributed by atoms with Crippen LogP contribution in [0.15, 0.2) is 24.3 Å². The Labute approximate surface area is 156 Å². The molecule has 0 saturated carbocycles. The number of phenolic OH excluding ortho intramolecular Hbond substituents is 1. The zero-order valence-electron chi connectivity index (χ0n) is 14.7. The number of aromatic carboxylic acids is 1. The number of hydrogen-bond donors (Lipinski definition) is 3. The number of anilines is 1. The van der Waals surface area contributed by atoms with Gasteiger partial charge in [0.05, 0.1) is 10.6 Å². The second-order valence-electron chi connectivity index (χ2n) is 6.91. The van der Waals surface area contributed by atoms with Crippen LogP contribution < -0.4 is 4.90 Å². The molecule has 8 heteroatoms. The minimum Gasteiger partial charge on any atom is -0.508 e. The van der Waals surface area contributed by atoms with Gasteiger partial charge < -0.3 is 20.2 Å². The Morgan fingerprint density at radius 3 is 2.46 bits per heavy atom. The molecule has 7 nitrogen and oxygen atoms in total. The van der Waals surface area contributed by atoms with E-state index in [1.54, 1.807) is 16.8 Å². The maximum atomic E-state index is 11.3. The smallest absolute Gasteiger partial charge is 0.356 e. The topological polar surface area (TPSA) is 98.8 Å². The third-order valence-electron chi connectivity index (χ3n) is 4.79. The molecule has 0 spiro atoms. The van der Waals surface area contributed by atoms with Crippen molar-refractivity contribution >= 4 is 23.4 Å². The summed E-state index contributed by atoms with van der Waals surface area (Å²) in [5.41, 5.74) is -0.476. The Morgan fingerprint density at radius 2 is 1.92 bits per heavy atom. The lowest BCUT2D eigenvalue weighted by Gasteiger charge is -2.40. The van der Waals surface area contributed by atoms with Crippen molar-refractivity contribution in [3.63, 3.8) is 0 Å². The zero-order chi connectivity index (χ0) is 19.1. The maximum absolute atomic E-state index is 11.3. The summed E-state index contributed by atoms with van der Waals surface area (Å²) in [6.45, 7) is 4.95. The maximum Gasteiger partial charge on any atom is 0.356 e. The lowest BCUT2D eigenvalue weighted by atomic mass is 9.84. The molecule has 140 valence electrons. The van der Waals surface area contributed by atoms with Crippen LogP contribution in [0, 0.1) is 0 Å². The van der Waals surface area contributed by atoms with Gasteiger partial charge >= 0.3 is 5.97 Å². The van der Waals surface area contributed by atoms with E-state index < -0.39 is 11.6 Å². The summed E-state index contributed by atoms with van der Waals surface area (Å²) in [6.07, 6.45) is 0.867. The molecule has 0 bridgehead atoms. The molecule has 3 rings (SSSR count). The van der Waals surface area contributed by atoms with Crippen LogP contribution in [0.5, 0.6) is 5.75 Å². The van der Waals surface area contributed by atoms with E-state index in [9.17, 15) is 20.1 Å². The van der Waals surface area contributed by atoms with Crippen molar-refractivity contribution in [2.24, 2.45) is 0 Å². The highest BCUT2D eigenvalue weighted by atomic mass is 35.5. The van der Waals surface area contributed by atoms with Crippen LogP contribution in [0.4, 0.5) is 5.82 Å². The standard InChI is InChI=1S/C18H22ClN3O4/c1-11(2)22-16(10-15(20-22)17(24)25)21-7-5-18(26,6-8-21)13-4-3-12(23)9-14(13)19/h3-4,9-11,23,26H,5-8H2,1-2H3,(H,24,25). The number of nitrogens with zero attached hydrogens (tertiary/aromatic N) is 3. The van der Waals surface area contributed by atoms with Crippen molar-refractivity contribution in [3.05, 3.63) is 40.5 Å². The highest BCUT2D eigenvalue weighted by Gasteiger charge is 2.36. The fourth-order valence-electron chi connectivity index (χ4n) is 3.36. The lowest BCUT2D eigenvalue weighted by molar-refractivity contribution is 0.0116. The second-order valence-corrected chi connectivity index (χ2v) is 7.32. The molecule has 0 atom stereocenters. The third kappa shape index (κ3) is 3.37. The first kappa shape index (κ1) is 18.5. The zero-order valence-corrected chi connectivity index (χ0v) is 15.4. The number of aromatic nitrogens is 2. The van der Waals surface area contributed by atoms with E-state index in [2.05, 4.69) is 5.10 Å². The summed E-state index contributed by atoms with van der Waals surface area (Å²) >= 11 is 6.20. The van der Waals surface area contributed by atoms with Crippen LogP contribution in [0.2, 0.25) is 5.02 Å². The van der Waals surface area contributed by atoms with E-state index in [0.29, 0.717) is 36.5 Å². The highest BCUT2D eigenvalue weighted by molar-refractivity contribution is 6.31. The highest BCUT2D eigenvalue weighted by Crippen LogP contribution is 2.39. The van der Waals surface area contributed by atoms with Gasteiger partial charge in [-0.2, -0.15) is 5.10 Å². The first-order valence-electron chi connectivity index (χ1n) is 8.50. The molecule has 0 aliphatic carbocycles. The van der Waals surface area contributed by atoms with Crippen molar-refractivity contribution < 1.29 is 20.1 Å². The average molecular weight is 380 g/mol. The SMILES string of the molecule is CC(C)n1nc(C(=O)O)cc1N1CCC(O)(c2ccc(O)cc2Cl)CC1. The minimum absolute atomic E-state index is 0.0103. The van der Waals surface area contributed by atoms with Gasteiger partial charge in [0, 0.05) is 30.8 Å². The van der Waals surface area contributed by atoms with Gasteiger partial charge in [-0.15, -0.1) is 0 Å². The first-order valence-corrected chi connectivity index (χ1v) is 8.88. The summed E-state index contributed by atoms with van der Waals surface area (Å²) in [5.74, 6) is -0.270. The van der Waals surface area contributed by atoms with Crippen LogP contribution in [0.3, 0.4) is 0 Å². The number of hydrogen-bond acceptors (Lipinski definition) is 5. The van der Waals surface area contributed by atoms with Crippen molar-refractivity contribution in [2.45, 2.75) is 38.3 Å². The molecule has 0 unspecified atom stereocenters. The molecule has 1 aliphatic rings. The van der Waals surface area contributed by atoms with Crippen molar-refractivity contribution in [1.82, 2.24) is 9.78 Å². The van der Waals surface area contributed by atoms with Gasteiger partial charge in [-0.25, -0.2) is 9.48 Å². The van der Waals surface area contributed by atoms with Crippen LogP contribution >= 0.6 is 11.6 Å². The quantitative estimate of drug-likeness (QED) is 0.755. The number of aromatic hydroxyl groups is 1. The molecule has 0 radical (unpaired) electrons. The van der Waals surface area contributed by atoms with Crippen LogP contribution in [-0.2, 0) is 5.60 Å². The fraction of sp³-hybridized carbons (Fsp3) is 0.444. The van der Waals surface area contributed by atoms with Crippen molar-refractivity contribution in [1.29, 1.82) is 0 Å². The summed E-state index contributed by atoms with van der Waals surface area (Å²) in [4.78, 5) is 13.3. The Bertz CT molecular complexity index is 826. The van der Waals surface area contributed by atoms with E-state index >= 15 is 0 Å². The molecular formula is C18H22ClN3O4. The normalized spacial score (nSPS) is 16.9. The second kappa shape index (κ2) is 6.81. The molecule has 0 amide bonds. The minimum atomic E-state index is -1.08. The molecule has 1 saturated heterocycles. The first-order chi connectivity index (χ1) is 12.2. The number of aliphatic hydroxyl groups is 1. The van der Waals surface area contributed by atoms with E-state index in [1.165, 1.54) is 12.1 Å². The van der Waals surface area contributed by atoms with E-state index in [0.717, 1.165) is 5.82 Å². The summed E-state index contributed by atoms with van der Waals surface area (Å²) in [5, 5.41) is 34.3. The van der Waals surface area contributed by atoms with E-state index in [-0.39, 0.29) is 17.5 Å². The number of halogens is 1. The summed E-state index contributed by atoms with van der Waals surface area (Å²) < 4.78 is 1.70.